The van der Waals surface area contributed by atoms with E-state index in [1.54, 1.807) is 20.0 Å². The molecular weight excluding hydrogens is 286 g/mol. The minimum Gasteiger partial charge on any atom is -0.481 e. The van der Waals surface area contributed by atoms with E-state index in [9.17, 15) is 9.59 Å². The van der Waals surface area contributed by atoms with Crippen molar-refractivity contribution in [2.45, 2.75) is 39.7 Å². The molecule has 0 aromatic carbocycles. The molecule has 1 saturated heterocycles. The molecule has 1 aliphatic rings. The van der Waals surface area contributed by atoms with Crippen molar-refractivity contribution in [2.75, 3.05) is 19.8 Å². The fraction of sp³-hybridized carbons (Fsp3) is 0.667. The molecule has 2 heterocycles. The summed E-state index contributed by atoms with van der Waals surface area (Å²) in [5.41, 5.74) is 0.297. The first-order chi connectivity index (χ1) is 10.3. The van der Waals surface area contributed by atoms with Gasteiger partial charge in [-0.05, 0) is 33.6 Å². The molecule has 1 aromatic rings. The van der Waals surface area contributed by atoms with Gasteiger partial charge in [0.1, 0.15) is 0 Å². The van der Waals surface area contributed by atoms with E-state index in [4.69, 9.17) is 9.84 Å². The maximum Gasteiger partial charge on any atom is 0.310 e. The van der Waals surface area contributed by atoms with Gasteiger partial charge in [0.15, 0.2) is 0 Å². The molecule has 7 nitrogen and oxygen atoms in total. The third kappa shape index (κ3) is 3.47. The van der Waals surface area contributed by atoms with Gasteiger partial charge >= 0.3 is 5.97 Å². The fourth-order valence-corrected chi connectivity index (χ4v) is 2.42. The van der Waals surface area contributed by atoms with Crippen LogP contribution >= 0.6 is 0 Å². The van der Waals surface area contributed by atoms with Crippen LogP contribution in [0.2, 0.25) is 0 Å². The van der Waals surface area contributed by atoms with Crippen LogP contribution in [0.3, 0.4) is 0 Å². The van der Waals surface area contributed by atoms with Crippen molar-refractivity contribution < 1.29 is 19.4 Å². The van der Waals surface area contributed by atoms with E-state index < -0.39 is 11.4 Å². The maximum absolute atomic E-state index is 12.2. The Morgan fingerprint density at radius 1 is 1.45 bits per heavy atom. The van der Waals surface area contributed by atoms with E-state index in [2.05, 4.69) is 10.4 Å². The van der Waals surface area contributed by atoms with Crippen LogP contribution in [0.25, 0.3) is 0 Å². The second-order valence-electron chi connectivity index (χ2n) is 6.30. The van der Waals surface area contributed by atoms with Gasteiger partial charge in [-0.2, -0.15) is 5.10 Å². The summed E-state index contributed by atoms with van der Waals surface area (Å²) in [6.45, 7) is 6.50. The Morgan fingerprint density at radius 3 is 2.68 bits per heavy atom. The zero-order valence-corrected chi connectivity index (χ0v) is 13.3. The molecule has 1 aromatic heterocycles. The molecule has 2 N–H and O–H groups in total. The SMILES string of the molecule is Cc1c(C(=O)NCC(C)(C)C(=O)O)cnn1C1CCOCC1. The molecule has 1 fully saturated rings. The van der Waals surface area contributed by atoms with Crippen molar-refractivity contribution in [3.05, 3.63) is 17.5 Å². The summed E-state index contributed by atoms with van der Waals surface area (Å²) in [6.07, 6.45) is 3.32. The monoisotopic (exact) mass is 309 g/mol. The number of nitrogens with one attached hydrogen (secondary N) is 1. The van der Waals surface area contributed by atoms with Gasteiger partial charge in [0.05, 0.1) is 23.2 Å². The van der Waals surface area contributed by atoms with Crippen LogP contribution in [0.5, 0.6) is 0 Å². The normalized spacial score (nSPS) is 16.5. The first-order valence-electron chi connectivity index (χ1n) is 7.46. The lowest BCUT2D eigenvalue weighted by Gasteiger charge is -2.23. The minimum atomic E-state index is -1.000. The summed E-state index contributed by atoms with van der Waals surface area (Å²) < 4.78 is 7.21. The molecule has 1 aliphatic heterocycles. The number of amides is 1. The van der Waals surface area contributed by atoms with Gasteiger partial charge in [-0.15, -0.1) is 0 Å². The molecule has 0 bridgehead atoms. The molecular formula is C15H23N3O4. The first kappa shape index (κ1) is 16.5. The van der Waals surface area contributed by atoms with Gasteiger partial charge in [-0.25, -0.2) is 0 Å². The highest BCUT2D eigenvalue weighted by atomic mass is 16.5. The average molecular weight is 309 g/mol. The number of carboxylic acids is 1. The second-order valence-corrected chi connectivity index (χ2v) is 6.30. The Hall–Kier alpha value is -1.89. The van der Waals surface area contributed by atoms with E-state index in [0.717, 1.165) is 18.5 Å². The Kier molecular flexibility index (Phi) is 4.85. The fourth-order valence-electron chi connectivity index (χ4n) is 2.42. The number of hydrogen-bond donors (Lipinski definition) is 2. The Balaban J connectivity index is 2.05. The van der Waals surface area contributed by atoms with E-state index >= 15 is 0 Å². The number of carbonyl (C=O) groups is 2. The summed E-state index contributed by atoms with van der Waals surface area (Å²) in [5.74, 6) is -1.23. The number of carboxylic acid groups (broad SMARTS) is 1. The molecule has 7 heteroatoms. The Morgan fingerprint density at radius 2 is 2.09 bits per heavy atom. The molecule has 2 rings (SSSR count). The summed E-state index contributed by atoms with van der Waals surface area (Å²) in [5, 5.41) is 16.1. The number of rotatable bonds is 5. The van der Waals surface area contributed by atoms with Crippen LogP contribution in [-0.2, 0) is 9.53 Å². The molecule has 122 valence electrons. The van der Waals surface area contributed by atoms with Crippen molar-refractivity contribution in [3.63, 3.8) is 0 Å². The highest BCUT2D eigenvalue weighted by Crippen LogP contribution is 2.23. The topological polar surface area (TPSA) is 93.5 Å². The van der Waals surface area contributed by atoms with E-state index in [-0.39, 0.29) is 18.5 Å². The molecule has 0 aliphatic carbocycles. The Bertz CT molecular complexity index is 559. The number of carbonyl (C=O) groups excluding carboxylic acids is 1. The lowest BCUT2D eigenvalue weighted by Crippen LogP contribution is -2.39. The van der Waals surface area contributed by atoms with Crippen molar-refractivity contribution in [3.8, 4) is 0 Å². The summed E-state index contributed by atoms with van der Waals surface area (Å²) in [6, 6.07) is 0.255. The quantitative estimate of drug-likeness (QED) is 0.857. The highest BCUT2D eigenvalue weighted by Gasteiger charge is 2.28. The lowest BCUT2D eigenvalue weighted by atomic mass is 9.94. The zero-order chi connectivity index (χ0) is 16.3. The van der Waals surface area contributed by atoms with Crippen molar-refractivity contribution >= 4 is 11.9 Å². The van der Waals surface area contributed by atoms with Gasteiger partial charge < -0.3 is 15.2 Å². The largest absolute Gasteiger partial charge is 0.481 e. The van der Waals surface area contributed by atoms with Crippen LogP contribution in [0.4, 0.5) is 0 Å². The predicted octanol–water partition coefficient (Wildman–Crippen LogP) is 1.38. The molecule has 0 spiro atoms. The molecule has 0 atom stereocenters. The lowest BCUT2D eigenvalue weighted by molar-refractivity contribution is -0.146. The Labute approximate surface area is 129 Å². The summed E-state index contributed by atoms with van der Waals surface area (Å²) in [4.78, 5) is 23.3. The molecule has 0 saturated carbocycles. The van der Waals surface area contributed by atoms with Gasteiger partial charge in [-0.3, -0.25) is 14.3 Å². The van der Waals surface area contributed by atoms with Crippen LogP contribution in [0.1, 0.15) is 48.8 Å². The first-order valence-corrected chi connectivity index (χ1v) is 7.46. The number of ether oxygens (including phenoxy) is 1. The number of nitrogens with zero attached hydrogens (tertiary/aromatic N) is 2. The highest BCUT2D eigenvalue weighted by molar-refractivity contribution is 5.95. The van der Waals surface area contributed by atoms with Crippen LogP contribution in [0.15, 0.2) is 6.20 Å². The molecule has 0 radical (unpaired) electrons. The molecule has 1 amide bonds. The smallest absolute Gasteiger partial charge is 0.310 e. The van der Waals surface area contributed by atoms with Gasteiger partial charge in [0.25, 0.3) is 5.91 Å². The van der Waals surface area contributed by atoms with E-state index in [1.165, 1.54) is 0 Å². The van der Waals surface area contributed by atoms with E-state index in [1.807, 2.05) is 11.6 Å². The summed E-state index contributed by atoms with van der Waals surface area (Å²) >= 11 is 0. The number of hydrogen-bond acceptors (Lipinski definition) is 4. The van der Waals surface area contributed by atoms with Crippen molar-refractivity contribution in [1.82, 2.24) is 15.1 Å². The van der Waals surface area contributed by atoms with Gasteiger partial charge in [0, 0.05) is 25.5 Å². The minimum absolute atomic E-state index is 0.0725. The van der Waals surface area contributed by atoms with Gasteiger partial charge in [-0.1, -0.05) is 0 Å². The number of aliphatic carboxylic acids is 1. The van der Waals surface area contributed by atoms with Crippen LogP contribution in [0, 0.1) is 12.3 Å². The number of aromatic nitrogens is 2. The average Bonchev–Trinajstić information content (AvgIpc) is 2.87. The van der Waals surface area contributed by atoms with E-state index in [0.29, 0.717) is 18.8 Å². The third-order valence-electron chi connectivity index (χ3n) is 4.10. The third-order valence-corrected chi connectivity index (χ3v) is 4.10. The second kappa shape index (κ2) is 6.48. The molecule has 0 unspecified atom stereocenters. The van der Waals surface area contributed by atoms with Crippen molar-refractivity contribution in [1.29, 1.82) is 0 Å². The van der Waals surface area contributed by atoms with Crippen LogP contribution in [-0.4, -0.2) is 46.5 Å². The van der Waals surface area contributed by atoms with Crippen LogP contribution < -0.4 is 5.32 Å². The van der Waals surface area contributed by atoms with Crippen molar-refractivity contribution in [2.24, 2.45) is 5.41 Å². The van der Waals surface area contributed by atoms with Gasteiger partial charge in [0.2, 0.25) is 0 Å². The standard InChI is InChI=1S/C15H23N3O4/c1-10-12(13(19)16-9-15(2,3)14(20)21)8-17-18(10)11-4-6-22-7-5-11/h8,11H,4-7,9H2,1-3H3,(H,16,19)(H,20,21). The molecule has 22 heavy (non-hydrogen) atoms. The maximum atomic E-state index is 12.2. The zero-order valence-electron chi connectivity index (χ0n) is 13.3. The predicted molar refractivity (Wildman–Crippen MR) is 79.8 cm³/mol. The summed E-state index contributed by atoms with van der Waals surface area (Å²) in [7, 11) is 0.